The van der Waals surface area contributed by atoms with Crippen molar-refractivity contribution in [3.05, 3.63) is 48.3 Å². The highest BCUT2D eigenvalue weighted by molar-refractivity contribution is 7.86. The number of carbonyl (C=O) groups is 2. The Morgan fingerprint density at radius 2 is 1.91 bits per heavy atom. The second-order valence-corrected chi connectivity index (χ2v) is 9.34. The topological polar surface area (TPSA) is 94.2 Å². The van der Waals surface area contributed by atoms with E-state index in [9.17, 15) is 18.2 Å². The van der Waals surface area contributed by atoms with Crippen molar-refractivity contribution in [1.29, 1.82) is 0 Å². The SMILES string of the molecule is CCOC(=O)C1CN(S(=O)c2ccc(F)cc2)c2cc(NC(=O)OC(C)(C)C)ccc2O1. The van der Waals surface area contributed by atoms with E-state index in [4.69, 9.17) is 14.2 Å². The minimum Gasteiger partial charge on any atom is -0.475 e. The van der Waals surface area contributed by atoms with Gasteiger partial charge in [-0.25, -0.2) is 18.2 Å². The molecule has 2 aromatic rings. The molecule has 0 aromatic heterocycles. The molecule has 1 N–H and O–H groups in total. The van der Waals surface area contributed by atoms with E-state index in [-0.39, 0.29) is 13.2 Å². The number of nitrogens with one attached hydrogen (secondary N) is 1. The van der Waals surface area contributed by atoms with Crippen LogP contribution in [-0.4, -0.2) is 41.1 Å². The van der Waals surface area contributed by atoms with E-state index in [1.165, 1.54) is 28.6 Å². The molecule has 0 fully saturated rings. The third-order valence-electron chi connectivity index (χ3n) is 4.24. The molecule has 10 heteroatoms. The van der Waals surface area contributed by atoms with Crippen molar-refractivity contribution in [3.8, 4) is 5.75 Å². The molecular weight excluding hydrogens is 439 g/mol. The summed E-state index contributed by atoms with van der Waals surface area (Å²) in [5.41, 5.74) is 0.101. The number of anilines is 2. The van der Waals surface area contributed by atoms with E-state index in [1.54, 1.807) is 45.9 Å². The number of amides is 1. The van der Waals surface area contributed by atoms with Gasteiger partial charge in [0, 0.05) is 5.69 Å². The van der Waals surface area contributed by atoms with Crippen molar-refractivity contribution in [2.75, 3.05) is 22.8 Å². The second kappa shape index (κ2) is 9.56. The number of ether oxygens (including phenoxy) is 3. The summed E-state index contributed by atoms with van der Waals surface area (Å²) in [6.07, 6.45) is -1.65. The summed E-state index contributed by atoms with van der Waals surface area (Å²) in [5.74, 6) is -0.754. The number of benzene rings is 2. The molecule has 1 aliphatic heterocycles. The Morgan fingerprint density at radius 3 is 2.53 bits per heavy atom. The second-order valence-electron chi connectivity index (χ2n) is 7.93. The summed E-state index contributed by atoms with van der Waals surface area (Å²) in [7, 11) is -1.78. The van der Waals surface area contributed by atoms with Crippen LogP contribution in [-0.2, 0) is 25.3 Å². The van der Waals surface area contributed by atoms with Crippen molar-refractivity contribution in [3.63, 3.8) is 0 Å². The van der Waals surface area contributed by atoms with Gasteiger partial charge in [0.1, 0.15) is 17.2 Å². The lowest BCUT2D eigenvalue weighted by molar-refractivity contribution is -0.151. The fourth-order valence-corrected chi connectivity index (χ4v) is 4.16. The highest BCUT2D eigenvalue weighted by Gasteiger charge is 2.35. The molecular formula is C22H25FN2O6S. The van der Waals surface area contributed by atoms with Gasteiger partial charge in [0.2, 0.25) is 6.10 Å². The first-order chi connectivity index (χ1) is 15.1. The van der Waals surface area contributed by atoms with Crippen molar-refractivity contribution in [1.82, 2.24) is 0 Å². The molecule has 1 heterocycles. The van der Waals surface area contributed by atoms with E-state index < -0.39 is 40.6 Å². The molecule has 0 bridgehead atoms. The first kappa shape index (κ1) is 23.5. The van der Waals surface area contributed by atoms with Crippen LogP contribution in [0.25, 0.3) is 0 Å². The van der Waals surface area contributed by atoms with Crippen LogP contribution in [0.2, 0.25) is 0 Å². The number of halogens is 1. The molecule has 0 saturated heterocycles. The zero-order valence-electron chi connectivity index (χ0n) is 18.2. The minimum absolute atomic E-state index is 0.0638. The van der Waals surface area contributed by atoms with Gasteiger partial charge in [-0.05, 0) is 70.2 Å². The van der Waals surface area contributed by atoms with Crippen molar-refractivity contribution < 1.29 is 32.4 Å². The Morgan fingerprint density at radius 1 is 1.22 bits per heavy atom. The van der Waals surface area contributed by atoms with Crippen molar-refractivity contribution >= 4 is 34.4 Å². The van der Waals surface area contributed by atoms with E-state index in [2.05, 4.69) is 5.32 Å². The van der Waals surface area contributed by atoms with Gasteiger partial charge in [-0.2, -0.15) is 0 Å². The lowest BCUT2D eigenvalue weighted by atomic mass is 10.2. The third-order valence-corrected chi connectivity index (χ3v) is 5.66. The fraction of sp³-hybridized carbons (Fsp3) is 0.364. The van der Waals surface area contributed by atoms with Crippen LogP contribution >= 0.6 is 0 Å². The molecule has 0 saturated carbocycles. The summed E-state index contributed by atoms with van der Waals surface area (Å²) in [6.45, 7) is 7.03. The molecule has 8 nitrogen and oxygen atoms in total. The fourth-order valence-electron chi connectivity index (χ4n) is 2.94. The van der Waals surface area contributed by atoms with Crippen LogP contribution in [0.1, 0.15) is 27.7 Å². The standard InChI is InChI=1S/C22H25FN2O6S/c1-5-29-20(26)19-13-25(32(28)16-9-6-14(23)7-10-16)17-12-15(8-11-18(17)30-19)24-21(27)31-22(2,3)4/h6-12,19H,5,13H2,1-4H3,(H,24,27). The Hall–Kier alpha value is -3.14. The van der Waals surface area contributed by atoms with E-state index in [0.717, 1.165) is 0 Å². The number of carbonyl (C=O) groups excluding carboxylic acids is 2. The minimum atomic E-state index is -1.78. The zero-order chi connectivity index (χ0) is 23.5. The number of nitrogens with zero attached hydrogens (tertiary/aromatic N) is 1. The molecule has 1 amide bonds. The molecule has 32 heavy (non-hydrogen) atoms. The molecule has 1 aliphatic rings. The molecule has 3 rings (SSSR count). The summed E-state index contributed by atoms with van der Waals surface area (Å²) in [4.78, 5) is 24.8. The van der Waals surface area contributed by atoms with E-state index in [1.807, 2.05) is 0 Å². The Kier molecular flexibility index (Phi) is 7.02. The predicted octanol–water partition coefficient (Wildman–Crippen LogP) is 4.03. The Labute approximate surface area is 188 Å². The summed E-state index contributed by atoms with van der Waals surface area (Å²) in [5, 5.41) is 2.63. The molecule has 2 atom stereocenters. The third kappa shape index (κ3) is 5.76. The van der Waals surface area contributed by atoms with Gasteiger partial charge >= 0.3 is 12.1 Å². The van der Waals surface area contributed by atoms with Crippen LogP contribution < -0.4 is 14.4 Å². The van der Waals surface area contributed by atoms with E-state index in [0.29, 0.717) is 22.0 Å². The molecule has 0 spiro atoms. The first-order valence-corrected chi connectivity index (χ1v) is 11.1. The highest BCUT2D eigenvalue weighted by Crippen LogP contribution is 2.38. The zero-order valence-corrected chi connectivity index (χ0v) is 19.0. The molecule has 0 aliphatic carbocycles. The van der Waals surface area contributed by atoms with Crippen LogP contribution in [0.4, 0.5) is 20.6 Å². The van der Waals surface area contributed by atoms with E-state index >= 15 is 0 Å². The Bertz CT molecular complexity index is 1020. The van der Waals surface area contributed by atoms with Gasteiger partial charge in [0.05, 0.1) is 23.7 Å². The summed E-state index contributed by atoms with van der Waals surface area (Å²) in [6, 6.07) is 9.93. The monoisotopic (exact) mass is 464 g/mol. The maximum Gasteiger partial charge on any atom is 0.412 e. The predicted molar refractivity (Wildman–Crippen MR) is 118 cm³/mol. The highest BCUT2D eigenvalue weighted by atomic mass is 32.2. The van der Waals surface area contributed by atoms with Gasteiger partial charge in [-0.1, -0.05) is 0 Å². The summed E-state index contributed by atoms with van der Waals surface area (Å²) < 4.78 is 44.2. The summed E-state index contributed by atoms with van der Waals surface area (Å²) >= 11 is 0. The van der Waals surface area contributed by atoms with Gasteiger partial charge in [-0.15, -0.1) is 0 Å². The Balaban J connectivity index is 1.94. The number of fused-ring (bicyclic) bond motifs is 1. The van der Waals surface area contributed by atoms with Gasteiger partial charge in [-0.3, -0.25) is 9.62 Å². The quantitative estimate of drug-likeness (QED) is 0.672. The molecule has 172 valence electrons. The van der Waals surface area contributed by atoms with Crippen LogP contribution in [0.15, 0.2) is 47.4 Å². The number of rotatable bonds is 5. The lowest BCUT2D eigenvalue weighted by Crippen LogP contribution is -2.46. The first-order valence-electron chi connectivity index (χ1n) is 9.99. The maximum atomic E-state index is 13.3. The number of hydrogen-bond acceptors (Lipinski definition) is 6. The van der Waals surface area contributed by atoms with Crippen molar-refractivity contribution in [2.45, 2.75) is 44.3 Å². The van der Waals surface area contributed by atoms with Gasteiger partial charge in [0.15, 0.2) is 11.0 Å². The molecule has 2 unspecified atom stereocenters. The van der Waals surface area contributed by atoms with Crippen LogP contribution in [0.5, 0.6) is 5.75 Å². The average Bonchev–Trinajstić information content (AvgIpc) is 2.71. The normalized spacial score (nSPS) is 16.4. The maximum absolute atomic E-state index is 13.3. The van der Waals surface area contributed by atoms with Gasteiger partial charge in [0.25, 0.3) is 0 Å². The van der Waals surface area contributed by atoms with Crippen LogP contribution in [0.3, 0.4) is 0 Å². The van der Waals surface area contributed by atoms with Gasteiger partial charge < -0.3 is 14.2 Å². The largest absolute Gasteiger partial charge is 0.475 e. The smallest absolute Gasteiger partial charge is 0.412 e. The van der Waals surface area contributed by atoms with Crippen LogP contribution in [0, 0.1) is 5.82 Å². The molecule has 2 aromatic carbocycles. The number of hydrogen-bond donors (Lipinski definition) is 1. The number of esters is 1. The van der Waals surface area contributed by atoms with Crippen molar-refractivity contribution in [2.24, 2.45) is 0 Å². The average molecular weight is 465 g/mol. The lowest BCUT2D eigenvalue weighted by Gasteiger charge is -2.34. The molecule has 0 radical (unpaired) electrons.